The number of nitrogens with one attached hydrogen (secondary N) is 2. The van der Waals surface area contributed by atoms with Gasteiger partial charge in [0.2, 0.25) is 5.91 Å². The van der Waals surface area contributed by atoms with Crippen molar-refractivity contribution < 1.29 is 27.6 Å². The summed E-state index contributed by atoms with van der Waals surface area (Å²) in [5.74, 6) is -0.267. The lowest BCUT2D eigenvalue weighted by Crippen LogP contribution is -2.27. The second-order valence-electron chi connectivity index (χ2n) is 5.79. The molecule has 0 aromatic heterocycles. The molecule has 0 atom stereocenters. The number of benzene rings is 1. The first kappa shape index (κ1) is 21.7. The molecule has 7 nitrogen and oxygen atoms in total. The molecule has 0 fully saturated rings. The van der Waals surface area contributed by atoms with E-state index in [9.17, 15) is 28.1 Å². The van der Waals surface area contributed by atoms with Gasteiger partial charge in [-0.3, -0.25) is 14.9 Å². The summed E-state index contributed by atoms with van der Waals surface area (Å²) in [6, 6.07) is 2.21. The van der Waals surface area contributed by atoms with Crippen molar-refractivity contribution in [3.05, 3.63) is 33.9 Å². The highest BCUT2D eigenvalue weighted by Gasteiger charge is 2.33. The number of nitro groups is 1. The minimum Gasteiger partial charge on any atom is -0.379 e. The zero-order valence-corrected chi connectivity index (χ0v) is 14.6. The van der Waals surface area contributed by atoms with E-state index in [1.165, 1.54) is 0 Å². The summed E-state index contributed by atoms with van der Waals surface area (Å²) in [7, 11) is 0. The Bertz CT molecular complexity index is 621. The van der Waals surface area contributed by atoms with Crippen LogP contribution in [0.1, 0.15) is 32.3 Å². The van der Waals surface area contributed by atoms with Crippen LogP contribution in [0.5, 0.6) is 0 Å². The van der Waals surface area contributed by atoms with Crippen LogP contribution in [0.15, 0.2) is 18.2 Å². The van der Waals surface area contributed by atoms with Crippen LogP contribution in [-0.2, 0) is 15.7 Å². The van der Waals surface area contributed by atoms with Gasteiger partial charge in [0.25, 0.3) is 5.69 Å². The van der Waals surface area contributed by atoms with E-state index in [4.69, 9.17) is 4.74 Å². The van der Waals surface area contributed by atoms with Gasteiger partial charge in [0.05, 0.1) is 16.6 Å². The molecule has 1 amide bonds. The van der Waals surface area contributed by atoms with Crippen molar-refractivity contribution in [1.82, 2.24) is 5.32 Å². The van der Waals surface area contributed by atoms with Gasteiger partial charge in [-0.15, -0.1) is 0 Å². The number of hydrogen-bond acceptors (Lipinski definition) is 5. The van der Waals surface area contributed by atoms with Crippen molar-refractivity contribution in [2.45, 2.75) is 39.0 Å². The van der Waals surface area contributed by atoms with E-state index < -0.39 is 22.4 Å². The average molecular weight is 377 g/mol. The molecule has 0 bridgehead atoms. The number of rotatable bonds is 10. The van der Waals surface area contributed by atoms with Gasteiger partial charge < -0.3 is 15.4 Å². The molecule has 0 aliphatic rings. The van der Waals surface area contributed by atoms with E-state index in [-0.39, 0.29) is 30.7 Å². The smallest absolute Gasteiger partial charge is 0.379 e. The largest absolute Gasteiger partial charge is 0.416 e. The molecule has 2 N–H and O–H groups in total. The number of nitro benzene ring substituents is 1. The van der Waals surface area contributed by atoms with Gasteiger partial charge in [-0.05, 0) is 32.4 Å². The Morgan fingerprint density at radius 3 is 2.58 bits per heavy atom. The molecular formula is C16H22F3N3O4. The Hall–Kier alpha value is -2.36. The summed E-state index contributed by atoms with van der Waals surface area (Å²) in [4.78, 5) is 21.7. The van der Waals surface area contributed by atoms with Gasteiger partial charge in [-0.2, -0.15) is 13.2 Å². The molecule has 10 heteroatoms. The van der Waals surface area contributed by atoms with Gasteiger partial charge in [0.1, 0.15) is 5.69 Å². The van der Waals surface area contributed by atoms with Gasteiger partial charge in [0.15, 0.2) is 0 Å². The molecule has 0 heterocycles. The van der Waals surface area contributed by atoms with Crippen LogP contribution in [0.4, 0.5) is 24.5 Å². The molecule has 0 unspecified atom stereocenters. The van der Waals surface area contributed by atoms with Crippen molar-refractivity contribution in [2.75, 3.05) is 25.0 Å². The normalized spacial score (nSPS) is 11.5. The number of halogens is 3. The standard InChI is InChI=1S/C16H22F3N3O4/c1-11(2)26-9-3-7-21-15(23)6-8-20-13-5-4-12(16(17,18)19)10-14(13)22(24)25/h4-5,10-11,20H,3,6-9H2,1-2H3,(H,21,23). The summed E-state index contributed by atoms with van der Waals surface area (Å²) in [6.07, 6.45) is -3.86. The average Bonchev–Trinajstić information content (AvgIpc) is 2.53. The molecule has 146 valence electrons. The molecule has 1 rings (SSSR count). The van der Waals surface area contributed by atoms with Crippen molar-refractivity contribution in [2.24, 2.45) is 0 Å². The van der Waals surface area contributed by atoms with Crippen LogP contribution in [-0.4, -0.2) is 36.6 Å². The summed E-state index contributed by atoms with van der Waals surface area (Å²) in [5, 5.41) is 16.2. The lowest BCUT2D eigenvalue weighted by atomic mass is 10.1. The van der Waals surface area contributed by atoms with E-state index >= 15 is 0 Å². The minimum absolute atomic E-state index is 0.0310. The summed E-state index contributed by atoms with van der Waals surface area (Å²) >= 11 is 0. The summed E-state index contributed by atoms with van der Waals surface area (Å²) in [5.41, 5.74) is -1.86. The minimum atomic E-state index is -4.66. The lowest BCUT2D eigenvalue weighted by molar-refractivity contribution is -0.384. The topological polar surface area (TPSA) is 93.5 Å². The molecular weight excluding hydrogens is 355 g/mol. The molecule has 0 saturated heterocycles. The highest BCUT2D eigenvalue weighted by atomic mass is 19.4. The van der Waals surface area contributed by atoms with Crippen LogP contribution < -0.4 is 10.6 Å². The van der Waals surface area contributed by atoms with Crippen molar-refractivity contribution in [1.29, 1.82) is 0 Å². The maximum atomic E-state index is 12.6. The Kier molecular flexibility index (Phi) is 8.30. The van der Waals surface area contributed by atoms with Crippen molar-refractivity contribution in [3.63, 3.8) is 0 Å². The monoisotopic (exact) mass is 377 g/mol. The van der Waals surface area contributed by atoms with Crippen LogP contribution in [0.3, 0.4) is 0 Å². The fraction of sp³-hybridized carbons (Fsp3) is 0.562. The highest BCUT2D eigenvalue weighted by Crippen LogP contribution is 2.34. The third-order valence-corrected chi connectivity index (χ3v) is 3.28. The number of ether oxygens (including phenoxy) is 1. The molecule has 1 aromatic rings. The van der Waals surface area contributed by atoms with Crippen LogP contribution >= 0.6 is 0 Å². The van der Waals surface area contributed by atoms with E-state index in [1.54, 1.807) is 0 Å². The number of alkyl halides is 3. The number of hydrogen-bond donors (Lipinski definition) is 2. The Morgan fingerprint density at radius 2 is 2.00 bits per heavy atom. The van der Waals surface area contributed by atoms with Crippen LogP contribution in [0.25, 0.3) is 0 Å². The first-order valence-electron chi connectivity index (χ1n) is 8.09. The van der Waals surface area contributed by atoms with Crippen LogP contribution in [0.2, 0.25) is 0 Å². The van der Waals surface area contributed by atoms with Crippen molar-refractivity contribution in [3.8, 4) is 0 Å². The third-order valence-electron chi connectivity index (χ3n) is 3.28. The molecule has 0 spiro atoms. The maximum absolute atomic E-state index is 12.6. The fourth-order valence-electron chi connectivity index (χ4n) is 2.03. The first-order valence-corrected chi connectivity index (χ1v) is 8.09. The quantitative estimate of drug-likeness (QED) is 0.371. The summed E-state index contributed by atoms with van der Waals surface area (Å²) in [6.45, 7) is 4.83. The van der Waals surface area contributed by atoms with Gasteiger partial charge in [-0.25, -0.2) is 0 Å². The SMILES string of the molecule is CC(C)OCCCNC(=O)CCNc1ccc(C(F)(F)F)cc1[N+](=O)[O-]. The number of anilines is 1. The molecule has 0 radical (unpaired) electrons. The Morgan fingerprint density at radius 1 is 1.31 bits per heavy atom. The predicted molar refractivity (Wildman–Crippen MR) is 89.9 cm³/mol. The van der Waals surface area contributed by atoms with E-state index in [1.807, 2.05) is 13.8 Å². The van der Waals surface area contributed by atoms with Gasteiger partial charge in [-0.1, -0.05) is 0 Å². The van der Waals surface area contributed by atoms with E-state index in [0.29, 0.717) is 25.6 Å². The number of amides is 1. The van der Waals surface area contributed by atoms with Crippen LogP contribution in [0, 0.1) is 10.1 Å². The fourth-order valence-corrected chi connectivity index (χ4v) is 2.03. The van der Waals surface area contributed by atoms with E-state index in [0.717, 1.165) is 12.1 Å². The predicted octanol–water partition coefficient (Wildman–Crippen LogP) is 3.35. The first-order chi connectivity index (χ1) is 12.1. The van der Waals surface area contributed by atoms with E-state index in [2.05, 4.69) is 10.6 Å². The zero-order chi connectivity index (χ0) is 19.7. The highest BCUT2D eigenvalue weighted by molar-refractivity contribution is 5.76. The van der Waals surface area contributed by atoms with Gasteiger partial charge >= 0.3 is 6.18 Å². The lowest BCUT2D eigenvalue weighted by Gasteiger charge is -2.11. The second kappa shape index (κ2) is 9.95. The number of carbonyl (C=O) groups excluding carboxylic acids is 1. The Labute approximate surface area is 149 Å². The number of carbonyl (C=O) groups is 1. The third kappa shape index (κ3) is 7.68. The maximum Gasteiger partial charge on any atom is 0.416 e. The molecule has 26 heavy (non-hydrogen) atoms. The number of nitrogens with zero attached hydrogens (tertiary/aromatic N) is 1. The molecule has 1 aromatic carbocycles. The zero-order valence-electron chi connectivity index (χ0n) is 14.6. The molecule has 0 aliphatic carbocycles. The Balaban J connectivity index is 2.47. The molecule has 0 saturated carbocycles. The summed E-state index contributed by atoms with van der Waals surface area (Å²) < 4.78 is 43.2. The van der Waals surface area contributed by atoms with Gasteiger partial charge in [0, 0.05) is 32.2 Å². The van der Waals surface area contributed by atoms with Crippen molar-refractivity contribution >= 4 is 17.3 Å². The second-order valence-corrected chi connectivity index (χ2v) is 5.79. The molecule has 0 aliphatic heterocycles.